The number of rotatable bonds is 1. The van der Waals surface area contributed by atoms with E-state index in [0.717, 1.165) is 44.8 Å². The lowest BCUT2D eigenvalue weighted by molar-refractivity contribution is -0.121. The van der Waals surface area contributed by atoms with Crippen molar-refractivity contribution in [2.45, 2.75) is 38.5 Å². The van der Waals surface area contributed by atoms with Crippen molar-refractivity contribution in [3.63, 3.8) is 0 Å². The molecule has 0 aromatic heterocycles. The quantitative estimate of drug-likeness (QED) is 0.484. The summed E-state index contributed by atoms with van der Waals surface area (Å²) < 4.78 is 0. The van der Waals surface area contributed by atoms with E-state index >= 15 is 0 Å². The fourth-order valence-electron chi connectivity index (χ4n) is 7.46. The molecule has 36 heavy (non-hydrogen) atoms. The first-order valence-corrected chi connectivity index (χ1v) is 12.7. The molecule has 2 spiro atoms. The minimum atomic E-state index is -0.724. The molecule has 0 saturated carbocycles. The van der Waals surface area contributed by atoms with Crippen LogP contribution in [0.25, 0.3) is 0 Å². The summed E-state index contributed by atoms with van der Waals surface area (Å²) in [6, 6.07) is 16.3. The van der Waals surface area contributed by atoms with E-state index in [1.165, 1.54) is 0 Å². The average molecular weight is 477 g/mol. The van der Waals surface area contributed by atoms with Crippen LogP contribution in [-0.4, -0.2) is 25.9 Å². The highest BCUT2D eigenvalue weighted by molar-refractivity contribution is 6.13. The lowest BCUT2D eigenvalue weighted by Gasteiger charge is -2.39. The lowest BCUT2D eigenvalue weighted by Crippen LogP contribution is -2.44. The number of fused-ring (bicyclic) bond motifs is 4. The number of nitrogens with zero attached hydrogens (tertiary/aromatic N) is 2. The Balaban J connectivity index is 1.43. The topological polar surface area (TPSA) is 40.6 Å². The Bertz CT molecular complexity index is 1320. The zero-order chi connectivity index (χ0) is 25.6. The van der Waals surface area contributed by atoms with Gasteiger partial charge in [-0.15, -0.1) is 0 Å². The summed E-state index contributed by atoms with van der Waals surface area (Å²) >= 11 is 0. The molecule has 0 unspecified atom stereocenters. The van der Waals surface area contributed by atoms with Crippen LogP contribution in [0.15, 0.2) is 95.1 Å². The molecule has 0 radical (unpaired) electrons. The normalized spacial score (nSPS) is 30.8. The zero-order valence-corrected chi connectivity index (χ0v) is 21.8. The molecule has 4 nitrogen and oxygen atoms in total. The lowest BCUT2D eigenvalue weighted by atomic mass is 9.62. The highest BCUT2D eigenvalue weighted by Crippen LogP contribution is 2.55. The van der Waals surface area contributed by atoms with Crippen LogP contribution in [0, 0.1) is 11.8 Å². The van der Waals surface area contributed by atoms with E-state index in [-0.39, 0.29) is 23.7 Å². The second-order valence-corrected chi connectivity index (χ2v) is 10.8. The summed E-state index contributed by atoms with van der Waals surface area (Å²) in [7, 11) is 3.74. The maximum atomic E-state index is 13.7. The van der Waals surface area contributed by atoms with Gasteiger partial charge in [0.2, 0.25) is 11.8 Å². The molecular formula is C32H32N2O2. The van der Waals surface area contributed by atoms with E-state index in [0.29, 0.717) is 0 Å². The molecular weight excluding hydrogens is 444 g/mol. The third kappa shape index (κ3) is 2.49. The molecule has 2 aromatic rings. The van der Waals surface area contributed by atoms with Gasteiger partial charge in [0, 0.05) is 37.3 Å². The van der Waals surface area contributed by atoms with Gasteiger partial charge in [-0.25, -0.2) is 0 Å². The number of amides is 2. The van der Waals surface area contributed by atoms with Crippen molar-refractivity contribution in [1.29, 1.82) is 0 Å². The fourth-order valence-corrected chi connectivity index (χ4v) is 7.46. The number of carbonyl (C=O) groups is 2. The van der Waals surface area contributed by atoms with Crippen molar-refractivity contribution in [2.75, 3.05) is 23.9 Å². The molecule has 2 amide bonds. The van der Waals surface area contributed by atoms with Gasteiger partial charge in [0.05, 0.1) is 0 Å². The molecule has 0 saturated heterocycles. The molecule has 4 aliphatic rings. The predicted molar refractivity (Wildman–Crippen MR) is 145 cm³/mol. The minimum absolute atomic E-state index is 0.113. The van der Waals surface area contributed by atoms with Crippen LogP contribution in [0.2, 0.25) is 0 Å². The fraction of sp³-hybridized carbons (Fsp3) is 0.312. The van der Waals surface area contributed by atoms with Crippen LogP contribution < -0.4 is 9.80 Å². The monoisotopic (exact) mass is 476 g/mol. The molecule has 0 N–H and O–H groups in total. The largest absolute Gasteiger partial charge is 0.314 e. The van der Waals surface area contributed by atoms with Crippen molar-refractivity contribution in [2.24, 2.45) is 11.8 Å². The van der Waals surface area contributed by atoms with Crippen molar-refractivity contribution in [3.8, 4) is 0 Å². The van der Waals surface area contributed by atoms with Crippen LogP contribution in [0.5, 0.6) is 0 Å². The van der Waals surface area contributed by atoms with E-state index in [2.05, 4.69) is 64.1 Å². The first-order chi connectivity index (χ1) is 17.2. The minimum Gasteiger partial charge on any atom is -0.314 e. The van der Waals surface area contributed by atoms with Gasteiger partial charge < -0.3 is 9.80 Å². The molecule has 2 heterocycles. The van der Waals surface area contributed by atoms with Crippen molar-refractivity contribution >= 4 is 23.2 Å². The first-order valence-electron chi connectivity index (χ1n) is 12.7. The number of carbonyl (C=O) groups excluding carboxylic acids is 2. The highest BCUT2D eigenvalue weighted by Gasteiger charge is 2.55. The van der Waals surface area contributed by atoms with Gasteiger partial charge in [0.1, 0.15) is 10.8 Å². The Hall–Kier alpha value is -3.66. The summed E-state index contributed by atoms with van der Waals surface area (Å²) in [5.41, 5.74) is 6.96. The van der Waals surface area contributed by atoms with Gasteiger partial charge in [-0.05, 0) is 51.0 Å². The smallest absolute Gasteiger partial charge is 0.245 e. The second kappa shape index (κ2) is 7.42. The summed E-state index contributed by atoms with van der Waals surface area (Å²) in [5.74, 6) is 0.463. The average Bonchev–Trinajstić information content (AvgIpc) is 3.23. The van der Waals surface area contributed by atoms with Crippen molar-refractivity contribution in [3.05, 3.63) is 106 Å². The Labute approximate surface area is 213 Å². The number of allylic oxidation sites excluding steroid dienone is 4. The number of hydrogen-bond donors (Lipinski definition) is 0. The van der Waals surface area contributed by atoms with E-state index in [4.69, 9.17) is 0 Å². The SMILES string of the molecule is CC1=CC(C2C=C(C)C3(C(=O)N(C)c4ccccc43)C(C)=C2)C=C(C)C12C(=O)N(C)c1ccccc12. The van der Waals surface area contributed by atoms with E-state index in [1.54, 1.807) is 9.80 Å². The number of anilines is 2. The standard InChI is InChI=1S/C32H32N2O2/c1-19-15-23(16-20(2)31(19)25-11-7-9-13-27(25)33(5)29(31)35)24-17-21(3)32(22(4)18-24)26-12-8-10-14-28(26)34(6)30(32)36/h7-18,23-24H,1-6H3. The number of benzene rings is 2. The summed E-state index contributed by atoms with van der Waals surface area (Å²) in [4.78, 5) is 30.9. The van der Waals surface area contributed by atoms with Crippen LogP contribution in [0.1, 0.15) is 38.8 Å². The van der Waals surface area contributed by atoms with E-state index in [1.807, 2.05) is 50.5 Å². The van der Waals surface area contributed by atoms with Crippen molar-refractivity contribution < 1.29 is 9.59 Å². The van der Waals surface area contributed by atoms with Crippen LogP contribution in [0.4, 0.5) is 11.4 Å². The molecule has 0 bridgehead atoms. The van der Waals surface area contributed by atoms with Gasteiger partial charge in [0.25, 0.3) is 0 Å². The first kappa shape index (κ1) is 22.8. The Kier molecular flexibility index (Phi) is 4.70. The van der Waals surface area contributed by atoms with Gasteiger partial charge in [0.15, 0.2) is 0 Å². The van der Waals surface area contributed by atoms with Crippen LogP contribution in [-0.2, 0) is 20.4 Å². The maximum absolute atomic E-state index is 13.7. The molecule has 0 atom stereocenters. The summed E-state index contributed by atoms with van der Waals surface area (Å²) in [6.07, 6.45) is 9.09. The Morgan fingerprint density at radius 2 is 0.861 bits per heavy atom. The number of hydrogen-bond acceptors (Lipinski definition) is 2. The van der Waals surface area contributed by atoms with Gasteiger partial charge in [-0.2, -0.15) is 0 Å². The highest BCUT2D eigenvalue weighted by atomic mass is 16.2. The second-order valence-electron chi connectivity index (χ2n) is 10.8. The number of likely N-dealkylation sites (N-methyl/N-ethyl adjacent to an activating group) is 2. The van der Waals surface area contributed by atoms with Crippen LogP contribution in [0.3, 0.4) is 0 Å². The summed E-state index contributed by atoms with van der Waals surface area (Å²) in [6.45, 7) is 8.39. The molecule has 0 fully saturated rings. The zero-order valence-electron chi connectivity index (χ0n) is 21.8. The molecule has 182 valence electrons. The Morgan fingerprint density at radius 1 is 0.556 bits per heavy atom. The van der Waals surface area contributed by atoms with Gasteiger partial charge >= 0.3 is 0 Å². The number of para-hydroxylation sites is 2. The molecule has 2 aliphatic carbocycles. The van der Waals surface area contributed by atoms with Crippen LogP contribution >= 0.6 is 0 Å². The summed E-state index contributed by atoms with van der Waals surface area (Å²) in [5, 5.41) is 0. The maximum Gasteiger partial charge on any atom is 0.245 e. The molecule has 2 aromatic carbocycles. The molecule has 2 aliphatic heterocycles. The van der Waals surface area contributed by atoms with Gasteiger partial charge in [-0.3, -0.25) is 9.59 Å². The molecule has 4 heteroatoms. The van der Waals surface area contributed by atoms with Gasteiger partial charge in [-0.1, -0.05) is 83.0 Å². The van der Waals surface area contributed by atoms with E-state index in [9.17, 15) is 9.59 Å². The van der Waals surface area contributed by atoms with E-state index < -0.39 is 10.8 Å². The van der Waals surface area contributed by atoms with Crippen molar-refractivity contribution in [1.82, 2.24) is 0 Å². The predicted octanol–water partition coefficient (Wildman–Crippen LogP) is 5.86. The molecule has 6 rings (SSSR count). The third-order valence-electron chi connectivity index (χ3n) is 9.17. The third-order valence-corrected chi connectivity index (χ3v) is 9.17. The Morgan fingerprint density at radius 3 is 1.19 bits per heavy atom.